The van der Waals surface area contributed by atoms with Crippen molar-refractivity contribution in [3.05, 3.63) is 85.1 Å². The molecule has 0 bridgehead atoms. The number of hydrogen-bond donors (Lipinski definition) is 2. The molecule has 0 amide bonds. The average molecular weight is 916 g/mol. The molecule has 9 heteroatoms. The first kappa shape index (κ1) is 61.7. The highest BCUT2D eigenvalue weighted by Gasteiger charge is 2.25. The van der Waals surface area contributed by atoms with E-state index in [4.69, 9.17) is 24.3 Å². The summed E-state index contributed by atoms with van der Waals surface area (Å²) < 4.78 is 33.6. The number of allylic oxidation sites excluding steroid dienone is 14. The van der Waals surface area contributed by atoms with Crippen LogP contribution in [0.5, 0.6) is 0 Å². The lowest BCUT2D eigenvalue weighted by atomic mass is 10.1. The number of phosphoric ester groups is 1. The fourth-order valence-electron chi connectivity index (χ4n) is 7.00. The van der Waals surface area contributed by atoms with Crippen molar-refractivity contribution in [2.75, 3.05) is 33.0 Å². The largest absolute Gasteiger partial charge is 0.472 e. The van der Waals surface area contributed by atoms with Crippen LogP contribution in [0, 0.1) is 0 Å². The van der Waals surface area contributed by atoms with Gasteiger partial charge in [0.25, 0.3) is 0 Å². The fraction of sp³-hybridized carbons (Fsp3) is 0.727. The predicted octanol–water partition coefficient (Wildman–Crippen LogP) is 16.4. The topological polar surface area (TPSA) is 117 Å². The molecule has 3 N–H and O–H groups in total. The van der Waals surface area contributed by atoms with E-state index in [1.165, 1.54) is 116 Å². The smallest absolute Gasteiger partial charge is 0.457 e. The summed E-state index contributed by atoms with van der Waals surface area (Å²) >= 11 is 0. The van der Waals surface area contributed by atoms with E-state index < -0.39 is 13.9 Å². The summed E-state index contributed by atoms with van der Waals surface area (Å²) in [5.74, 6) is -0.341. The van der Waals surface area contributed by atoms with Crippen LogP contribution in [0.2, 0.25) is 0 Å². The van der Waals surface area contributed by atoms with Crippen molar-refractivity contribution in [3.63, 3.8) is 0 Å². The van der Waals surface area contributed by atoms with Crippen molar-refractivity contribution in [3.8, 4) is 0 Å². The quantitative estimate of drug-likeness (QED) is 0.0268. The van der Waals surface area contributed by atoms with Crippen LogP contribution < -0.4 is 5.73 Å². The first-order valence-electron chi connectivity index (χ1n) is 26.1. The number of carbonyl (C=O) groups excluding carboxylic acids is 1. The Labute approximate surface area is 394 Å². The third-order valence-electron chi connectivity index (χ3n) is 10.8. The molecule has 0 aliphatic carbocycles. The summed E-state index contributed by atoms with van der Waals surface area (Å²) in [5, 5.41) is 0. The maximum atomic E-state index is 12.7. The van der Waals surface area contributed by atoms with Gasteiger partial charge < -0.3 is 20.1 Å². The molecular formula is C55H98NO7P. The van der Waals surface area contributed by atoms with E-state index in [0.717, 1.165) is 83.5 Å². The Morgan fingerprint density at radius 3 is 1.33 bits per heavy atom. The van der Waals surface area contributed by atoms with E-state index in [2.05, 4.69) is 98.9 Å². The molecule has 2 atom stereocenters. The molecular weight excluding hydrogens is 818 g/mol. The van der Waals surface area contributed by atoms with Crippen LogP contribution in [0.1, 0.15) is 219 Å². The minimum absolute atomic E-state index is 0.0925. The highest BCUT2D eigenvalue weighted by atomic mass is 31.2. The first-order chi connectivity index (χ1) is 31.4. The molecule has 8 nitrogen and oxygen atoms in total. The van der Waals surface area contributed by atoms with E-state index in [0.29, 0.717) is 13.0 Å². The molecule has 0 aromatic carbocycles. The summed E-state index contributed by atoms with van der Waals surface area (Å²) in [6, 6.07) is 0. The Hall–Kier alpha value is -2.32. The minimum atomic E-state index is -4.30. The Balaban J connectivity index is 4.01. The maximum absolute atomic E-state index is 12.7. The SMILES string of the molecule is CC/C=C\C/C=C\C/C=C\C/C=C\C/C=C\C/C=C\CCCCCCCOCC(COP(=O)(O)OCCN)OC(=O)CCCCCCCCCCC/C=C\CCCCCCCCCC. The van der Waals surface area contributed by atoms with Gasteiger partial charge in [-0.1, -0.05) is 208 Å². The Morgan fingerprint density at radius 2 is 0.875 bits per heavy atom. The average Bonchev–Trinajstić information content (AvgIpc) is 3.29. The number of rotatable bonds is 49. The molecule has 0 radical (unpaired) electrons. The zero-order valence-electron chi connectivity index (χ0n) is 41.2. The molecule has 0 rings (SSSR count). The van der Waals surface area contributed by atoms with Gasteiger partial charge in [-0.3, -0.25) is 13.8 Å². The zero-order valence-corrected chi connectivity index (χ0v) is 42.1. The van der Waals surface area contributed by atoms with E-state index in [9.17, 15) is 14.3 Å². The third kappa shape index (κ3) is 50.7. The Morgan fingerprint density at radius 1 is 0.484 bits per heavy atom. The fourth-order valence-corrected chi connectivity index (χ4v) is 7.76. The van der Waals surface area contributed by atoms with Gasteiger partial charge in [0.05, 0.1) is 19.8 Å². The second kappa shape index (κ2) is 51.7. The van der Waals surface area contributed by atoms with Crippen LogP contribution in [0.3, 0.4) is 0 Å². The molecule has 2 unspecified atom stereocenters. The van der Waals surface area contributed by atoms with Gasteiger partial charge in [-0.15, -0.1) is 0 Å². The van der Waals surface area contributed by atoms with E-state index in [-0.39, 0.29) is 32.3 Å². The second-order valence-corrected chi connectivity index (χ2v) is 18.5. The summed E-state index contributed by atoms with van der Waals surface area (Å²) in [7, 11) is -4.30. The lowest BCUT2D eigenvalue weighted by Gasteiger charge is -2.20. The third-order valence-corrected chi connectivity index (χ3v) is 11.8. The van der Waals surface area contributed by atoms with E-state index >= 15 is 0 Å². The number of ether oxygens (including phenoxy) is 2. The van der Waals surface area contributed by atoms with Crippen LogP contribution in [-0.4, -0.2) is 49.9 Å². The molecule has 0 aliphatic heterocycles. The summed E-state index contributed by atoms with van der Waals surface area (Å²) in [4.78, 5) is 22.6. The standard InChI is InChI=1S/C55H98NO7P/c1-3-5-7-9-11-13-15-17-19-21-23-25-26-27-29-31-33-35-37-39-41-43-45-47-50-60-52-54(53-62-64(58,59)61-51-49-56)63-55(57)48-46-44-42-40-38-36-34-32-30-28-24-22-20-18-16-14-12-10-8-6-4-2/h5,7,11,13,17,19,22-25,27,29,33,35,54H,3-4,6,8-10,12,14-16,18,20-21,26,28,30-32,34,36-53,56H2,1-2H3,(H,58,59)/b7-5-,13-11-,19-17-,24-22-,25-23-,29-27-,35-33-. The Bertz CT molecular complexity index is 1260. The van der Waals surface area contributed by atoms with Gasteiger partial charge in [0.15, 0.2) is 0 Å². The highest BCUT2D eigenvalue weighted by molar-refractivity contribution is 7.47. The van der Waals surface area contributed by atoms with E-state index in [1.54, 1.807) is 0 Å². The predicted molar refractivity (Wildman–Crippen MR) is 275 cm³/mol. The molecule has 0 spiro atoms. The number of carbonyl (C=O) groups is 1. The van der Waals surface area contributed by atoms with Crippen molar-refractivity contribution in [2.24, 2.45) is 5.73 Å². The van der Waals surface area contributed by atoms with Crippen LogP contribution in [0.25, 0.3) is 0 Å². The summed E-state index contributed by atoms with van der Waals surface area (Å²) in [6.07, 6.45) is 67.6. The summed E-state index contributed by atoms with van der Waals surface area (Å²) in [6.45, 7) is 4.76. The monoisotopic (exact) mass is 916 g/mol. The molecule has 0 fully saturated rings. The van der Waals surface area contributed by atoms with Crippen molar-refractivity contribution < 1.29 is 32.8 Å². The Kier molecular flexibility index (Phi) is 49.8. The highest BCUT2D eigenvalue weighted by Crippen LogP contribution is 2.43. The van der Waals surface area contributed by atoms with Crippen LogP contribution >= 0.6 is 7.82 Å². The molecule has 0 aliphatic rings. The molecule has 0 heterocycles. The van der Waals surface area contributed by atoms with Gasteiger partial charge in [0.2, 0.25) is 0 Å². The molecule has 0 saturated heterocycles. The summed E-state index contributed by atoms with van der Waals surface area (Å²) in [5.41, 5.74) is 5.39. The van der Waals surface area contributed by atoms with Crippen molar-refractivity contribution in [1.29, 1.82) is 0 Å². The van der Waals surface area contributed by atoms with Crippen LogP contribution in [0.15, 0.2) is 85.1 Å². The van der Waals surface area contributed by atoms with Gasteiger partial charge in [-0.05, 0) is 89.9 Å². The van der Waals surface area contributed by atoms with E-state index in [1.807, 2.05) is 0 Å². The molecule has 0 aromatic heterocycles. The van der Waals surface area contributed by atoms with Gasteiger partial charge in [-0.2, -0.15) is 0 Å². The van der Waals surface area contributed by atoms with Crippen molar-refractivity contribution in [1.82, 2.24) is 0 Å². The number of nitrogens with two attached hydrogens (primary N) is 1. The molecule has 370 valence electrons. The lowest BCUT2D eigenvalue weighted by Crippen LogP contribution is -2.28. The molecule has 0 saturated carbocycles. The van der Waals surface area contributed by atoms with Gasteiger partial charge >= 0.3 is 13.8 Å². The first-order valence-corrected chi connectivity index (χ1v) is 27.6. The van der Waals surface area contributed by atoms with Gasteiger partial charge in [0, 0.05) is 19.6 Å². The lowest BCUT2D eigenvalue weighted by molar-refractivity contribution is -0.154. The number of unbranched alkanes of at least 4 members (excludes halogenated alkanes) is 22. The minimum Gasteiger partial charge on any atom is -0.457 e. The number of esters is 1. The van der Waals surface area contributed by atoms with Gasteiger partial charge in [-0.25, -0.2) is 4.57 Å². The normalized spacial score (nSPS) is 14.0. The van der Waals surface area contributed by atoms with Crippen LogP contribution in [0.4, 0.5) is 0 Å². The maximum Gasteiger partial charge on any atom is 0.472 e. The second-order valence-electron chi connectivity index (χ2n) is 17.0. The van der Waals surface area contributed by atoms with Crippen molar-refractivity contribution >= 4 is 13.8 Å². The van der Waals surface area contributed by atoms with Crippen LogP contribution in [-0.2, 0) is 27.9 Å². The molecule has 64 heavy (non-hydrogen) atoms. The number of hydrogen-bond acceptors (Lipinski definition) is 7. The number of phosphoric acid groups is 1. The van der Waals surface area contributed by atoms with Gasteiger partial charge in [0.1, 0.15) is 6.10 Å². The van der Waals surface area contributed by atoms with Crippen molar-refractivity contribution in [2.45, 2.75) is 225 Å². The molecule has 0 aromatic rings. The zero-order chi connectivity index (χ0) is 46.5.